The molecular weight excluding hydrogens is 310 g/mol. The molecule has 1 saturated carbocycles. The van der Waals surface area contributed by atoms with E-state index in [0.717, 1.165) is 19.4 Å². The van der Waals surface area contributed by atoms with Gasteiger partial charge in [0.2, 0.25) is 0 Å². The molecule has 0 saturated heterocycles. The Bertz CT molecular complexity index is 544. The van der Waals surface area contributed by atoms with Crippen LogP contribution in [-0.4, -0.2) is 28.5 Å². The smallest absolute Gasteiger partial charge is 0.284 e. The first kappa shape index (κ1) is 14.1. The van der Waals surface area contributed by atoms with Crippen LogP contribution in [0.4, 0.5) is 5.69 Å². The molecule has 0 bridgehead atoms. The van der Waals surface area contributed by atoms with Crippen LogP contribution in [0, 0.1) is 12.3 Å². The molecule has 5 nitrogen and oxygen atoms in total. The molecule has 1 aromatic rings. The zero-order chi connectivity index (χ0) is 13.8. The molecule has 0 amide bonds. The predicted molar refractivity (Wildman–Crippen MR) is 77.1 cm³/mol. The molecule has 1 heterocycles. The highest BCUT2D eigenvalue weighted by atomic mass is 79.9. The minimum absolute atomic E-state index is 0.174. The number of nitrogens with zero attached hydrogens (tertiary/aromatic N) is 2. The lowest BCUT2D eigenvalue weighted by Gasteiger charge is -2.36. The molecule has 0 unspecified atom stereocenters. The summed E-state index contributed by atoms with van der Waals surface area (Å²) in [7, 11) is 0. The number of anilines is 1. The van der Waals surface area contributed by atoms with Gasteiger partial charge in [-0.2, -0.15) is 5.10 Å². The van der Waals surface area contributed by atoms with Crippen LogP contribution in [0.2, 0.25) is 0 Å². The number of nitrogens with one attached hydrogen (secondary N) is 1. The first-order valence-electron chi connectivity index (χ1n) is 6.23. The lowest BCUT2D eigenvalue weighted by atomic mass is 9.89. The average molecular weight is 326 g/mol. The van der Waals surface area contributed by atoms with Crippen LogP contribution < -0.4 is 10.9 Å². The third kappa shape index (κ3) is 3.17. The fourth-order valence-corrected chi connectivity index (χ4v) is 2.46. The van der Waals surface area contributed by atoms with Crippen molar-refractivity contribution in [3.63, 3.8) is 0 Å². The second-order valence-electron chi connectivity index (χ2n) is 4.43. The summed E-state index contributed by atoms with van der Waals surface area (Å²) < 4.78 is 7.21. The van der Waals surface area contributed by atoms with E-state index in [1.54, 1.807) is 6.20 Å². The van der Waals surface area contributed by atoms with Gasteiger partial charge < -0.3 is 10.1 Å². The molecule has 1 aliphatic rings. The van der Waals surface area contributed by atoms with Crippen molar-refractivity contribution < 1.29 is 4.74 Å². The first-order chi connectivity index (χ1) is 9.15. The molecule has 6 heteroatoms. The Hall–Kier alpha value is -1.32. The molecule has 19 heavy (non-hydrogen) atoms. The fraction of sp³-hybridized carbons (Fsp3) is 0.538. The van der Waals surface area contributed by atoms with Crippen LogP contribution >= 0.6 is 15.9 Å². The molecule has 1 fully saturated rings. The van der Waals surface area contributed by atoms with Crippen molar-refractivity contribution in [2.24, 2.45) is 0 Å². The second kappa shape index (κ2) is 6.22. The van der Waals surface area contributed by atoms with E-state index in [1.165, 1.54) is 4.68 Å². The molecule has 1 aliphatic carbocycles. The maximum Gasteiger partial charge on any atom is 0.284 e. The van der Waals surface area contributed by atoms with Gasteiger partial charge in [-0.3, -0.25) is 4.79 Å². The Kier molecular flexibility index (Phi) is 4.61. The third-order valence-corrected chi connectivity index (χ3v) is 3.85. The number of hydrogen-bond donors (Lipinski definition) is 1. The van der Waals surface area contributed by atoms with Crippen LogP contribution in [-0.2, 0) is 11.3 Å². The topological polar surface area (TPSA) is 56.1 Å². The SMILES string of the molecule is C#CCn1ncc(NC2CC(OCC)C2)c(Br)c1=O. The largest absolute Gasteiger partial charge is 0.380 e. The third-order valence-electron chi connectivity index (χ3n) is 3.08. The van der Waals surface area contributed by atoms with Crippen LogP contribution in [0.5, 0.6) is 0 Å². The van der Waals surface area contributed by atoms with Crippen molar-refractivity contribution in [2.75, 3.05) is 11.9 Å². The summed E-state index contributed by atoms with van der Waals surface area (Å²) in [6.45, 7) is 2.91. The summed E-state index contributed by atoms with van der Waals surface area (Å²) in [6, 6.07) is 0.331. The minimum Gasteiger partial charge on any atom is -0.380 e. The van der Waals surface area contributed by atoms with Gasteiger partial charge in [-0.25, -0.2) is 4.68 Å². The standard InChI is InChI=1S/C13H16BrN3O2/c1-3-5-17-13(18)12(14)11(8-15-17)16-9-6-10(7-9)19-4-2/h1,8-10,16H,4-7H2,2H3. The second-order valence-corrected chi connectivity index (χ2v) is 5.22. The maximum atomic E-state index is 11.9. The van der Waals surface area contributed by atoms with Gasteiger partial charge in [0.05, 0.1) is 18.0 Å². The summed E-state index contributed by atoms with van der Waals surface area (Å²) in [5.74, 6) is 2.40. The molecule has 1 aromatic heterocycles. The Morgan fingerprint density at radius 1 is 1.68 bits per heavy atom. The molecule has 2 rings (SSSR count). The number of terminal acetylenes is 1. The van der Waals surface area contributed by atoms with E-state index in [9.17, 15) is 4.79 Å². The highest BCUT2D eigenvalue weighted by molar-refractivity contribution is 9.10. The van der Waals surface area contributed by atoms with Crippen molar-refractivity contribution in [3.05, 3.63) is 21.0 Å². The van der Waals surface area contributed by atoms with Crippen LogP contribution in [0.1, 0.15) is 19.8 Å². The summed E-state index contributed by atoms with van der Waals surface area (Å²) in [5, 5.41) is 7.32. The van der Waals surface area contributed by atoms with E-state index >= 15 is 0 Å². The molecule has 0 spiro atoms. The molecule has 0 atom stereocenters. The normalized spacial score (nSPS) is 21.5. The maximum absolute atomic E-state index is 11.9. The highest BCUT2D eigenvalue weighted by Gasteiger charge is 2.30. The van der Waals surface area contributed by atoms with E-state index in [1.807, 2.05) is 6.92 Å². The lowest BCUT2D eigenvalue weighted by Crippen LogP contribution is -2.41. The van der Waals surface area contributed by atoms with Crippen molar-refractivity contribution in [1.29, 1.82) is 0 Å². The summed E-state index contributed by atoms with van der Waals surface area (Å²) in [4.78, 5) is 11.9. The fourth-order valence-electron chi connectivity index (χ4n) is 2.04. The van der Waals surface area contributed by atoms with Gasteiger partial charge >= 0.3 is 0 Å². The number of aromatic nitrogens is 2. The van der Waals surface area contributed by atoms with Crippen molar-refractivity contribution in [2.45, 2.75) is 38.5 Å². The quantitative estimate of drug-likeness (QED) is 0.836. The van der Waals surface area contributed by atoms with Crippen LogP contribution in [0.25, 0.3) is 0 Å². The minimum atomic E-state index is -0.219. The molecule has 0 radical (unpaired) electrons. The van der Waals surface area contributed by atoms with Crippen molar-refractivity contribution >= 4 is 21.6 Å². The molecular formula is C13H16BrN3O2. The predicted octanol–water partition coefficient (Wildman–Crippen LogP) is 1.62. The summed E-state index contributed by atoms with van der Waals surface area (Å²) in [5.41, 5.74) is 0.488. The zero-order valence-electron chi connectivity index (χ0n) is 10.7. The Morgan fingerprint density at radius 3 is 3.05 bits per heavy atom. The Morgan fingerprint density at radius 2 is 2.42 bits per heavy atom. The highest BCUT2D eigenvalue weighted by Crippen LogP contribution is 2.28. The van der Waals surface area contributed by atoms with E-state index in [2.05, 4.69) is 32.3 Å². The van der Waals surface area contributed by atoms with E-state index in [-0.39, 0.29) is 12.1 Å². The van der Waals surface area contributed by atoms with E-state index in [4.69, 9.17) is 11.2 Å². The van der Waals surface area contributed by atoms with Crippen molar-refractivity contribution in [3.8, 4) is 12.3 Å². The van der Waals surface area contributed by atoms with Gasteiger partial charge in [0, 0.05) is 12.6 Å². The number of halogens is 1. The summed E-state index contributed by atoms with van der Waals surface area (Å²) in [6.07, 6.45) is 9.03. The van der Waals surface area contributed by atoms with Crippen LogP contribution in [0.3, 0.4) is 0 Å². The van der Waals surface area contributed by atoms with Gasteiger partial charge in [-0.1, -0.05) is 5.92 Å². The molecule has 0 aromatic carbocycles. The van der Waals surface area contributed by atoms with Gasteiger partial charge in [-0.15, -0.1) is 6.42 Å². The average Bonchev–Trinajstić information content (AvgIpc) is 2.35. The monoisotopic (exact) mass is 325 g/mol. The first-order valence-corrected chi connectivity index (χ1v) is 7.02. The van der Waals surface area contributed by atoms with Crippen LogP contribution in [0.15, 0.2) is 15.5 Å². The zero-order valence-corrected chi connectivity index (χ0v) is 12.3. The summed E-state index contributed by atoms with van der Waals surface area (Å²) >= 11 is 3.29. The van der Waals surface area contributed by atoms with Gasteiger partial charge in [0.15, 0.2) is 0 Å². The molecule has 0 aliphatic heterocycles. The Balaban J connectivity index is 2.01. The van der Waals surface area contributed by atoms with Gasteiger partial charge in [0.1, 0.15) is 11.0 Å². The number of rotatable bonds is 5. The van der Waals surface area contributed by atoms with Crippen molar-refractivity contribution in [1.82, 2.24) is 9.78 Å². The molecule has 1 N–H and O–H groups in total. The lowest BCUT2D eigenvalue weighted by molar-refractivity contribution is 0.00297. The van der Waals surface area contributed by atoms with Gasteiger partial charge in [0.25, 0.3) is 5.56 Å². The number of hydrogen-bond acceptors (Lipinski definition) is 4. The Labute approximate surface area is 120 Å². The molecule has 102 valence electrons. The van der Waals surface area contributed by atoms with E-state index in [0.29, 0.717) is 22.3 Å². The number of ether oxygens (including phenoxy) is 1. The van der Waals surface area contributed by atoms with E-state index < -0.39 is 0 Å². The van der Waals surface area contributed by atoms with Gasteiger partial charge in [-0.05, 0) is 35.7 Å².